The van der Waals surface area contributed by atoms with Gasteiger partial charge in [0.1, 0.15) is 0 Å². The molecule has 256 valence electrons. The molecule has 1 aliphatic rings. The minimum absolute atomic E-state index is 0.600. The van der Waals surface area contributed by atoms with Crippen LogP contribution in [0.3, 0.4) is 0 Å². The second-order valence-electron chi connectivity index (χ2n) is 20.5. The van der Waals surface area contributed by atoms with Crippen molar-refractivity contribution in [2.24, 2.45) is 0 Å². The van der Waals surface area contributed by atoms with Gasteiger partial charge in [-0.3, -0.25) is 0 Å². The summed E-state index contributed by atoms with van der Waals surface area (Å²) in [5.74, 6) is 0. The summed E-state index contributed by atoms with van der Waals surface area (Å²) in [4.78, 5) is 2.87. The van der Waals surface area contributed by atoms with E-state index in [0.29, 0.717) is 24.4 Å². The topological polar surface area (TPSA) is 0 Å². The zero-order valence-electron chi connectivity index (χ0n) is 32.7. The predicted molar refractivity (Wildman–Crippen MR) is 236 cm³/mol. The van der Waals surface area contributed by atoms with Gasteiger partial charge in [0.05, 0.1) is 0 Å². The number of hydrogen-bond donors (Lipinski definition) is 0. The molecule has 3 rings (SSSR count). The fraction of sp³-hybridized carbons (Fsp3) is 0.611. The Balaban J connectivity index is 2.71. The molecule has 0 spiro atoms. The zero-order chi connectivity index (χ0) is 35.4. The zero-order valence-corrected chi connectivity index (χ0v) is 45.9. The number of hydrogen-bond acceptors (Lipinski definition) is 0. The number of rotatable bonds is 12. The Bertz CT molecular complexity index is 1310. The summed E-state index contributed by atoms with van der Waals surface area (Å²) >= 11 is 2.88. The van der Waals surface area contributed by atoms with Gasteiger partial charge in [-0.1, -0.05) is 0 Å². The normalized spacial score (nSPS) is 17.4. The van der Waals surface area contributed by atoms with Gasteiger partial charge in [0.25, 0.3) is 0 Å². The Morgan fingerprint density at radius 3 is 1.35 bits per heavy atom. The molecular weight excluding hydrogens is 910 g/mol. The Hall–Kier alpha value is 1.58. The molecule has 0 fully saturated rings. The molecule has 0 aliphatic carbocycles. The van der Waals surface area contributed by atoms with Crippen LogP contribution in [0.4, 0.5) is 0 Å². The molecule has 10 heteroatoms. The third-order valence-electron chi connectivity index (χ3n) is 9.80. The first-order chi connectivity index (χ1) is 20.6. The first kappa shape index (κ1) is 42.0. The van der Waals surface area contributed by atoms with Crippen LogP contribution in [0.5, 0.6) is 0 Å². The molecule has 1 aliphatic heterocycles. The summed E-state index contributed by atoms with van der Waals surface area (Å²) in [7, 11) is -9.19. The molecule has 2 aromatic carbocycles. The van der Waals surface area contributed by atoms with Crippen LogP contribution in [0.2, 0.25) is 118 Å². The molecule has 2 aromatic rings. The third-order valence-corrected chi connectivity index (χ3v) is 59.8. The van der Waals surface area contributed by atoms with Gasteiger partial charge in [-0.05, 0) is 0 Å². The van der Waals surface area contributed by atoms with Crippen LogP contribution >= 0.6 is 0 Å². The minimum atomic E-state index is -1.91. The first-order valence-electron chi connectivity index (χ1n) is 17.4. The molecule has 1 heterocycles. The molecule has 46 heavy (non-hydrogen) atoms. The van der Waals surface area contributed by atoms with Crippen molar-refractivity contribution < 1.29 is 0 Å². The molecule has 0 nitrogen and oxygen atoms in total. The molecule has 1 unspecified atom stereocenters. The van der Waals surface area contributed by atoms with Crippen molar-refractivity contribution in [3.63, 3.8) is 0 Å². The van der Waals surface area contributed by atoms with Gasteiger partial charge in [-0.15, -0.1) is 0 Å². The van der Waals surface area contributed by atoms with Gasteiger partial charge in [-0.25, -0.2) is 0 Å². The van der Waals surface area contributed by atoms with Crippen molar-refractivity contribution in [1.82, 2.24) is 0 Å². The number of fused-ring (bicyclic) bond motifs is 1. The summed E-state index contributed by atoms with van der Waals surface area (Å²) < 4.78 is 2.76. The first-order valence-corrected chi connectivity index (χ1v) is 52.0. The van der Waals surface area contributed by atoms with E-state index < -0.39 is 62.8 Å². The van der Waals surface area contributed by atoms with E-state index in [1.807, 2.05) is 15.5 Å². The van der Waals surface area contributed by atoms with E-state index in [4.69, 9.17) is 0 Å². The van der Waals surface area contributed by atoms with E-state index in [0.717, 1.165) is 19.1 Å². The molecule has 0 aromatic heterocycles. The monoisotopic (exact) mass is 980 g/mol. The third kappa shape index (κ3) is 9.71. The van der Waals surface area contributed by atoms with Crippen LogP contribution < -0.4 is 4.40 Å². The van der Waals surface area contributed by atoms with Crippen molar-refractivity contribution in [3.8, 4) is 0 Å². The van der Waals surface area contributed by atoms with Crippen molar-refractivity contribution in [2.45, 2.75) is 137 Å². The van der Waals surface area contributed by atoms with Crippen LogP contribution in [-0.4, -0.2) is 101 Å². The average Bonchev–Trinajstić information content (AvgIpc) is 2.79. The van der Waals surface area contributed by atoms with E-state index >= 15 is 0 Å². The Labute approximate surface area is 314 Å². The summed E-state index contributed by atoms with van der Waals surface area (Å²) in [6, 6.07) is 15.4. The Morgan fingerprint density at radius 2 is 0.978 bits per heavy atom. The Kier molecular flexibility index (Phi) is 13.6. The standard InChI is InChI=1S/C36H66GeSe3Si6/c1-41(2,3)34(42(4,5)6)28-25-30(35(43(7,8)9)44(10,11)12)32(31(26-28)36(45(13,14)15)46(16,17)18)37-24-23-27-21-19-20-22-29(27)33(37)39-40-38/h19-26,33-36H,1-18H3. The van der Waals surface area contributed by atoms with Crippen molar-refractivity contribution in [3.05, 3.63) is 69.1 Å². The van der Waals surface area contributed by atoms with Crippen molar-refractivity contribution >= 4 is 112 Å². The van der Waals surface area contributed by atoms with Crippen LogP contribution in [0.15, 0.2) is 41.3 Å². The summed E-state index contributed by atoms with van der Waals surface area (Å²) in [6.07, 6.45) is 2.59. The van der Waals surface area contributed by atoms with Gasteiger partial charge in [0.15, 0.2) is 0 Å². The Morgan fingerprint density at radius 1 is 0.587 bits per heavy atom. The van der Waals surface area contributed by atoms with Crippen LogP contribution in [0.1, 0.15) is 47.0 Å². The van der Waals surface area contributed by atoms with Gasteiger partial charge in [0.2, 0.25) is 0 Å². The SMILES string of the molecule is C[Si](C)(C)C(c1cc(C([Si](C)(C)C)[Si](C)(C)C)[c]([Ge]2[CH]=Cc3ccccc3[CH]2[Se][Se][Se])c(C([Si](C)(C)C)[Si](C)(C)C)c1)[Si](C)(C)C. The summed E-state index contributed by atoms with van der Waals surface area (Å²) in [6.45, 7) is 48.7. The van der Waals surface area contributed by atoms with Crippen molar-refractivity contribution in [2.75, 3.05) is 0 Å². The quantitative estimate of drug-likeness (QED) is 0.186. The molecule has 0 bridgehead atoms. The van der Waals surface area contributed by atoms with E-state index in [-0.39, 0.29) is 0 Å². The second kappa shape index (κ2) is 14.9. The molecule has 0 saturated carbocycles. The average molecular weight is 977 g/mol. The fourth-order valence-electron chi connectivity index (χ4n) is 10.1. The second-order valence-corrected chi connectivity index (χ2v) is 73.9. The van der Waals surface area contributed by atoms with Crippen LogP contribution in [-0.2, 0) is 0 Å². The van der Waals surface area contributed by atoms with E-state index in [1.165, 1.54) is 5.56 Å². The maximum absolute atomic E-state index is 3.55. The molecule has 2 radical (unpaired) electrons. The maximum atomic E-state index is 3.55. The predicted octanol–water partition coefficient (Wildman–Crippen LogP) is 10.2. The van der Waals surface area contributed by atoms with E-state index in [1.54, 1.807) is 11.1 Å². The van der Waals surface area contributed by atoms with E-state index in [2.05, 4.69) is 179 Å². The molecule has 1 atom stereocenters. The van der Waals surface area contributed by atoms with Gasteiger partial charge < -0.3 is 0 Å². The number of benzene rings is 2. The van der Waals surface area contributed by atoms with Gasteiger partial charge in [-0.2, -0.15) is 0 Å². The van der Waals surface area contributed by atoms with Crippen molar-refractivity contribution in [1.29, 1.82) is 0 Å². The molecule has 0 amide bonds. The van der Waals surface area contributed by atoms with Crippen LogP contribution in [0, 0.1) is 0 Å². The van der Waals surface area contributed by atoms with Crippen LogP contribution in [0.25, 0.3) is 6.08 Å². The van der Waals surface area contributed by atoms with Gasteiger partial charge >= 0.3 is 318 Å². The molecule has 0 saturated heterocycles. The van der Waals surface area contributed by atoms with Gasteiger partial charge in [0, 0.05) is 0 Å². The summed E-state index contributed by atoms with van der Waals surface area (Å²) in [5.41, 5.74) is 8.79. The van der Waals surface area contributed by atoms with E-state index in [9.17, 15) is 0 Å². The molecule has 0 N–H and O–H groups in total. The molecular formula is C36H66GeSe3Si6. The fourth-order valence-corrected chi connectivity index (χ4v) is 83.3. The summed E-state index contributed by atoms with van der Waals surface area (Å²) in [5, 5.41) is 2.33.